The maximum atomic E-state index is 12.2. The first kappa shape index (κ1) is 18.8. The van der Waals surface area contributed by atoms with Gasteiger partial charge in [-0.2, -0.15) is 0 Å². The molecule has 0 saturated carbocycles. The van der Waals surface area contributed by atoms with Crippen molar-refractivity contribution in [3.8, 4) is 5.75 Å². The van der Waals surface area contributed by atoms with Crippen LogP contribution in [0.1, 0.15) is 35.9 Å². The van der Waals surface area contributed by atoms with Crippen molar-refractivity contribution >= 4 is 11.6 Å². The molecule has 0 aliphatic rings. The van der Waals surface area contributed by atoms with Crippen LogP contribution in [0.2, 0.25) is 0 Å². The minimum absolute atomic E-state index is 0.0669. The molecule has 0 aliphatic heterocycles. The van der Waals surface area contributed by atoms with Crippen molar-refractivity contribution in [3.05, 3.63) is 59.7 Å². The van der Waals surface area contributed by atoms with Gasteiger partial charge in [0.1, 0.15) is 5.75 Å². The van der Waals surface area contributed by atoms with Crippen LogP contribution in [0.5, 0.6) is 5.75 Å². The van der Waals surface area contributed by atoms with Gasteiger partial charge in [0.15, 0.2) is 0 Å². The third kappa shape index (κ3) is 5.50. The zero-order chi connectivity index (χ0) is 18.4. The van der Waals surface area contributed by atoms with Crippen molar-refractivity contribution in [1.82, 2.24) is 5.32 Å². The van der Waals surface area contributed by atoms with Crippen molar-refractivity contribution in [3.63, 3.8) is 0 Å². The molecule has 0 bridgehead atoms. The predicted octanol–water partition coefficient (Wildman–Crippen LogP) is 3.00. The van der Waals surface area contributed by atoms with E-state index < -0.39 is 6.10 Å². The Labute approximate surface area is 149 Å². The SMILES string of the molecule is CC(C)Oc1cccc(C(O)CNC(=O)c2ccc(N(C)C)cc2)c1. The van der Waals surface area contributed by atoms with Gasteiger partial charge in [-0.3, -0.25) is 4.79 Å². The Kier molecular flexibility index (Phi) is 6.42. The lowest BCUT2D eigenvalue weighted by Crippen LogP contribution is -2.28. The lowest BCUT2D eigenvalue weighted by atomic mass is 10.1. The third-order valence-electron chi connectivity index (χ3n) is 3.72. The molecule has 134 valence electrons. The molecule has 0 radical (unpaired) electrons. The van der Waals surface area contributed by atoms with Crippen LogP contribution in [0.3, 0.4) is 0 Å². The fraction of sp³-hybridized carbons (Fsp3) is 0.350. The lowest BCUT2D eigenvalue weighted by Gasteiger charge is -2.15. The number of hydrogen-bond acceptors (Lipinski definition) is 4. The highest BCUT2D eigenvalue weighted by Gasteiger charge is 2.12. The molecule has 1 unspecified atom stereocenters. The fourth-order valence-electron chi connectivity index (χ4n) is 2.39. The largest absolute Gasteiger partial charge is 0.491 e. The van der Waals surface area contributed by atoms with E-state index in [1.165, 1.54) is 0 Å². The number of ether oxygens (including phenoxy) is 1. The van der Waals surface area contributed by atoms with Gasteiger partial charge in [0.25, 0.3) is 5.91 Å². The van der Waals surface area contributed by atoms with Gasteiger partial charge in [0, 0.05) is 31.9 Å². The number of nitrogens with one attached hydrogen (secondary N) is 1. The van der Waals surface area contributed by atoms with Gasteiger partial charge in [-0.25, -0.2) is 0 Å². The molecule has 0 aromatic heterocycles. The molecule has 1 amide bonds. The molecule has 25 heavy (non-hydrogen) atoms. The van der Waals surface area contributed by atoms with Crippen molar-refractivity contribution < 1.29 is 14.6 Å². The highest BCUT2D eigenvalue weighted by molar-refractivity contribution is 5.94. The molecule has 0 fully saturated rings. The lowest BCUT2D eigenvalue weighted by molar-refractivity contribution is 0.0916. The summed E-state index contributed by atoms with van der Waals surface area (Å²) in [6.45, 7) is 4.04. The van der Waals surface area contributed by atoms with E-state index in [1.54, 1.807) is 18.2 Å². The number of amides is 1. The Morgan fingerprint density at radius 3 is 2.44 bits per heavy atom. The summed E-state index contributed by atoms with van der Waals surface area (Å²) in [4.78, 5) is 14.2. The Bertz CT molecular complexity index is 696. The monoisotopic (exact) mass is 342 g/mol. The number of aliphatic hydroxyl groups excluding tert-OH is 1. The van der Waals surface area contributed by atoms with Crippen LogP contribution in [-0.4, -0.2) is 37.8 Å². The van der Waals surface area contributed by atoms with E-state index >= 15 is 0 Å². The number of aliphatic hydroxyl groups is 1. The minimum atomic E-state index is -0.791. The number of hydrogen-bond donors (Lipinski definition) is 2. The summed E-state index contributed by atoms with van der Waals surface area (Å²) in [5, 5.41) is 13.1. The zero-order valence-corrected chi connectivity index (χ0v) is 15.2. The van der Waals surface area contributed by atoms with Crippen LogP contribution < -0.4 is 15.0 Å². The first-order valence-electron chi connectivity index (χ1n) is 8.37. The van der Waals surface area contributed by atoms with E-state index in [-0.39, 0.29) is 18.6 Å². The Morgan fingerprint density at radius 1 is 1.16 bits per heavy atom. The molecule has 5 nitrogen and oxygen atoms in total. The second-order valence-electron chi connectivity index (χ2n) is 6.41. The molecule has 2 rings (SSSR count). The van der Waals surface area contributed by atoms with E-state index in [4.69, 9.17) is 4.74 Å². The molecule has 0 aliphatic carbocycles. The first-order chi connectivity index (χ1) is 11.9. The summed E-state index contributed by atoms with van der Waals surface area (Å²) in [5.74, 6) is 0.496. The van der Waals surface area contributed by atoms with E-state index in [9.17, 15) is 9.90 Å². The second-order valence-corrected chi connectivity index (χ2v) is 6.41. The second kappa shape index (κ2) is 8.53. The summed E-state index contributed by atoms with van der Waals surface area (Å²) in [6, 6.07) is 14.6. The molecule has 0 spiro atoms. The van der Waals surface area contributed by atoms with Crippen LogP contribution in [0.4, 0.5) is 5.69 Å². The standard InChI is InChI=1S/C20H26N2O3/c1-14(2)25-18-7-5-6-16(12-18)19(23)13-21-20(24)15-8-10-17(11-9-15)22(3)4/h5-12,14,19,23H,13H2,1-4H3,(H,21,24). The van der Waals surface area contributed by atoms with Gasteiger partial charge in [-0.05, 0) is 55.8 Å². The smallest absolute Gasteiger partial charge is 0.251 e. The molecule has 5 heteroatoms. The number of anilines is 1. The zero-order valence-electron chi connectivity index (χ0n) is 15.2. The van der Waals surface area contributed by atoms with Crippen LogP contribution in [-0.2, 0) is 0 Å². The number of benzene rings is 2. The molecular weight excluding hydrogens is 316 g/mol. The van der Waals surface area contributed by atoms with E-state index in [2.05, 4.69) is 5.32 Å². The normalized spacial score (nSPS) is 11.9. The number of carbonyl (C=O) groups excluding carboxylic acids is 1. The third-order valence-corrected chi connectivity index (χ3v) is 3.72. The van der Waals surface area contributed by atoms with Crippen LogP contribution >= 0.6 is 0 Å². The summed E-state index contributed by atoms with van der Waals surface area (Å²) in [6.07, 6.45) is -0.724. The molecule has 0 saturated heterocycles. The summed E-state index contributed by atoms with van der Waals surface area (Å²) >= 11 is 0. The van der Waals surface area contributed by atoms with Crippen molar-refractivity contribution in [2.45, 2.75) is 26.1 Å². The van der Waals surface area contributed by atoms with E-state index in [0.29, 0.717) is 16.9 Å². The average Bonchev–Trinajstić information content (AvgIpc) is 2.59. The van der Waals surface area contributed by atoms with Gasteiger partial charge >= 0.3 is 0 Å². The fourth-order valence-corrected chi connectivity index (χ4v) is 2.39. The minimum Gasteiger partial charge on any atom is -0.491 e. The maximum Gasteiger partial charge on any atom is 0.251 e. The number of carbonyl (C=O) groups is 1. The van der Waals surface area contributed by atoms with E-state index in [0.717, 1.165) is 5.69 Å². The van der Waals surface area contributed by atoms with E-state index in [1.807, 2.05) is 63.2 Å². The highest BCUT2D eigenvalue weighted by atomic mass is 16.5. The Balaban J connectivity index is 1.94. The summed E-state index contributed by atoms with van der Waals surface area (Å²) in [5.41, 5.74) is 2.30. The highest BCUT2D eigenvalue weighted by Crippen LogP contribution is 2.20. The van der Waals surface area contributed by atoms with Crippen LogP contribution in [0, 0.1) is 0 Å². The first-order valence-corrected chi connectivity index (χ1v) is 8.37. The average molecular weight is 342 g/mol. The predicted molar refractivity (Wildman–Crippen MR) is 100 cm³/mol. The molecule has 0 heterocycles. The molecule has 2 aromatic carbocycles. The van der Waals surface area contributed by atoms with Gasteiger partial charge in [0.2, 0.25) is 0 Å². The van der Waals surface area contributed by atoms with Gasteiger partial charge in [0.05, 0.1) is 12.2 Å². The summed E-state index contributed by atoms with van der Waals surface area (Å²) < 4.78 is 5.63. The molecule has 2 aromatic rings. The molecule has 2 N–H and O–H groups in total. The van der Waals surface area contributed by atoms with Gasteiger partial charge < -0.3 is 20.1 Å². The van der Waals surface area contributed by atoms with Crippen LogP contribution in [0.25, 0.3) is 0 Å². The number of nitrogens with zero attached hydrogens (tertiary/aromatic N) is 1. The van der Waals surface area contributed by atoms with Gasteiger partial charge in [-0.15, -0.1) is 0 Å². The summed E-state index contributed by atoms with van der Waals surface area (Å²) in [7, 11) is 3.89. The van der Waals surface area contributed by atoms with Crippen molar-refractivity contribution in [1.29, 1.82) is 0 Å². The van der Waals surface area contributed by atoms with Crippen LogP contribution in [0.15, 0.2) is 48.5 Å². The molecule has 1 atom stereocenters. The Morgan fingerprint density at radius 2 is 1.84 bits per heavy atom. The topological polar surface area (TPSA) is 61.8 Å². The maximum absolute atomic E-state index is 12.2. The van der Waals surface area contributed by atoms with Gasteiger partial charge in [-0.1, -0.05) is 12.1 Å². The van der Waals surface area contributed by atoms with Crippen molar-refractivity contribution in [2.75, 3.05) is 25.5 Å². The number of rotatable bonds is 7. The Hall–Kier alpha value is -2.53. The van der Waals surface area contributed by atoms with Crippen molar-refractivity contribution in [2.24, 2.45) is 0 Å². The molecular formula is C20H26N2O3. The quantitative estimate of drug-likeness (QED) is 0.812.